The zero-order valence-electron chi connectivity index (χ0n) is 21.5. The van der Waals surface area contributed by atoms with Crippen LogP contribution in [0.1, 0.15) is 40.2 Å². The number of aliphatic hydroxyl groups excluding tert-OH is 1. The predicted molar refractivity (Wildman–Crippen MR) is 137 cm³/mol. The molecule has 0 aromatic heterocycles. The minimum Gasteiger partial charge on any atom is -0.474 e. The van der Waals surface area contributed by atoms with Crippen molar-refractivity contribution in [2.24, 2.45) is 5.92 Å². The average molecular weight is 541 g/mol. The summed E-state index contributed by atoms with van der Waals surface area (Å²) in [4.78, 5) is 34.5. The SMILES string of the molecule is CC(C)(C)O.CC(C)COC(=O)[C@H](O)CN(Cc1ccc(-c2cc(Cl)ccc2F)cc1)NC(=O)C(=O)O. The number of carboxylic acids is 1. The Bertz CT molecular complexity index is 1050. The zero-order chi connectivity index (χ0) is 28.3. The second-order valence-corrected chi connectivity index (χ2v) is 10.1. The summed E-state index contributed by atoms with van der Waals surface area (Å²) in [6.07, 6.45) is -1.61. The second kappa shape index (κ2) is 14.6. The average Bonchev–Trinajstić information content (AvgIpc) is 2.78. The standard InChI is InChI=1S/C22H24ClFN2O6.C4H10O/c1-13(2)12-32-22(31)19(27)11-26(25-20(28)21(29)30)10-14-3-5-15(6-4-14)17-9-16(23)7-8-18(17)24;1-4(2,3)5/h3-9,13,19,27H,10-12H2,1-2H3,(H,25,28)(H,29,30);5H,1-3H3/t19-;/m1./s1. The van der Waals surface area contributed by atoms with E-state index in [1.165, 1.54) is 18.2 Å². The lowest BCUT2D eigenvalue weighted by atomic mass is 10.0. The molecule has 0 saturated carbocycles. The molecule has 0 aliphatic rings. The van der Waals surface area contributed by atoms with Gasteiger partial charge in [-0.1, -0.05) is 49.7 Å². The number of hydrogen-bond acceptors (Lipinski definition) is 7. The number of nitrogens with one attached hydrogen (secondary N) is 1. The fraction of sp³-hybridized carbons (Fsp3) is 0.423. The van der Waals surface area contributed by atoms with Gasteiger partial charge in [0.05, 0.1) is 18.8 Å². The molecule has 0 unspecified atom stereocenters. The third kappa shape index (κ3) is 13.2. The van der Waals surface area contributed by atoms with Crippen LogP contribution in [0.4, 0.5) is 4.39 Å². The van der Waals surface area contributed by atoms with Gasteiger partial charge in [0.15, 0.2) is 6.10 Å². The minimum atomic E-state index is -1.72. The van der Waals surface area contributed by atoms with E-state index < -0.39 is 41.9 Å². The van der Waals surface area contributed by atoms with Crippen LogP contribution in [0.5, 0.6) is 0 Å². The van der Waals surface area contributed by atoms with Gasteiger partial charge >= 0.3 is 17.8 Å². The third-order valence-electron chi connectivity index (χ3n) is 4.25. The smallest absolute Gasteiger partial charge is 0.395 e. The molecule has 0 aliphatic heterocycles. The molecular weight excluding hydrogens is 507 g/mol. The number of carboxylic acid groups (broad SMARTS) is 1. The van der Waals surface area contributed by atoms with Crippen LogP contribution in [0.3, 0.4) is 0 Å². The Hall–Kier alpha value is -3.05. The van der Waals surface area contributed by atoms with Gasteiger partial charge in [0.25, 0.3) is 0 Å². The van der Waals surface area contributed by atoms with E-state index in [1.807, 2.05) is 13.8 Å². The van der Waals surface area contributed by atoms with Gasteiger partial charge in [-0.15, -0.1) is 0 Å². The Kier molecular flexibility index (Phi) is 12.6. The quantitative estimate of drug-likeness (QED) is 0.216. The van der Waals surface area contributed by atoms with E-state index in [2.05, 4.69) is 5.43 Å². The Morgan fingerprint density at radius 1 is 1.11 bits per heavy atom. The molecule has 0 saturated heterocycles. The molecule has 1 amide bonds. The summed E-state index contributed by atoms with van der Waals surface area (Å²) < 4.78 is 19.0. The molecule has 0 bridgehead atoms. The molecule has 0 spiro atoms. The largest absolute Gasteiger partial charge is 0.474 e. The summed E-state index contributed by atoms with van der Waals surface area (Å²) in [5, 5.41) is 29.0. The highest BCUT2D eigenvalue weighted by Gasteiger charge is 2.24. The van der Waals surface area contributed by atoms with Crippen LogP contribution in [0, 0.1) is 11.7 Å². The van der Waals surface area contributed by atoms with Crippen molar-refractivity contribution >= 4 is 29.4 Å². The van der Waals surface area contributed by atoms with Gasteiger partial charge in [0.1, 0.15) is 5.82 Å². The highest BCUT2D eigenvalue weighted by molar-refractivity contribution is 6.31. The molecule has 0 radical (unpaired) electrons. The number of hydrogen-bond donors (Lipinski definition) is 4. The van der Waals surface area contributed by atoms with Crippen molar-refractivity contribution in [3.63, 3.8) is 0 Å². The summed E-state index contributed by atoms with van der Waals surface area (Å²) in [5.74, 6) is -4.32. The molecule has 37 heavy (non-hydrogen) atoms. The lowest BCUT2D eigenvalue weighted by Gasteiger charge is -2.24. The number of carbonyl (C=O) groups is 3. The van der Waals surface area contributed by atoms with Crippen LogP contribution in [0.2, 0.25) is 5.02 Å². The normalized spacial score (nSPS) is 12.0. The molecule has 9 nitrogen and oxygen atoms in total. The molecule has 0 fully saturated rings. The van der Waals surface area contributed by atoms with Crippen molar-refractivity contribution in [1.29, 1.82) is 0 Å². The maximum absolute atomic E-state index is 14.1. The van der Waals surface area contributed by atoms with Gasteiger partial charge in [-0.25, -0.2) is 19.0 Å². The van der Waals surface area contributed by atoms with Crippen molar-refractivity contribution in [1.82, 2.24) is 10.4 Å². The Labute approximate surface area is 220 Å². The maximum atomic E-state index is 14.1. The van der Waals surface area contributed by atoms with Crippen LogP contribution in [-0.2, 0) is 25.7 Å². The maximum Gasteiger partial charge on any atom is 0.395 e. The summed E-state index contributed by atoms with van der Waals surface area (Å²) in [6, 6.07) is 10.7. The summed E-state index contributed by atoms with van der Waals surface area (Å²) in [6.45, 7) is 8.56. The van der Waals surface area contributed by atoms with Gasteiger partial charge in [0, 0.05) is 17.1 Å². The Morgan fingerprint density at radius 2 is 1.68 bits per heavy atom. The first-order valence-electron chi connectivity index (χ1n) is 11.5. The number of esters is 1. The first-order valence-corrected chi connectivity index (χ1v) is 11.8. The fourth-order valence-corrected chi connectivity index (χ4v) is 2.87. The molecule has 4 N–H and O–H groups in total. The van der Waals surface area contributed by atoms with Crippen LogP contribution >= 0.6 is 11.6 Å². The van der Waals surface area contributed by atoms with Crippen molar-refractivity contribution in [3.8, 4) is 11.1 Å². The van der Waals surface area contributed by atoms with E-state index in [0.717, 1.165) is 5.01 Å². The van der Waals surface area contributed by atoms with Gasteiger partial charge < -0.3 is 20.1 Å². The number of carbonyl (C=O) groups excluding carboxylic acids is 2. The van der Waals surface area contributed by atoms with E-state index in [4.69, 9.17) is 26.6 Å². The summed E-state index contributed by atoms with van der Waals surface area (Å²) >= 11 is 5.93. The number of aliphatic carboxylic acids is 1. The molecule has 0 aliphatic carbocycles. The molecular formula is C26H34ClFN2O7. The molecule has 1 atom stereocenters. The Balaban J connectivity index is 0.00000124. The number of ether oxygens (including phenoxy) is 1. The topological polar surface area (TPSA) is 136 Å². The highest BCUT2D eigenvalue weighted by Crippen LogP contribution is 2.26. The number of aliphatic hydroxyl groups is 2. The van der Waals surface area contributed by atoms with Crippen LogP contribution in [0.15, 0.2) is 42.5 Å². The lowest BCUT2D eigenvalue weighted by molar-refractivity contribution is -0.158. The van der Waals surface area contributed by atoms with Crippen LogP contribution in [-0.4, -0.2) is 63.0 Å². The zero-order valence-corrected chi connectivity index (χ0v) is 22.3. The molecule has 204 valence electrons. The first kappa shape index (κ1) is 32.0. The fourth-order valence-electron chi connectivity index (χ4n) is 2.70. The molecule has 2 aromatic carbocycles. The summed E-state index contributed by atoms with van der Waals surface area (Å²) in [5.41, 5.74) is 3.10. The van der Waals surface area contributed by atoms with Gasteiger partial charge in [-0.3, -0.25) is 10.2 Å². The van der Waals surface area contributed by atoms with Gasteiger partial charge in [-0.05, 0) is 56.0 Å². The van der Waals surface area contributed by atoms with Crippen molar-refractivity contribution in [3.05, 3.63) is 58.9 Å². The van der Waals surface area contributed by atoms with E-state index in [0.29, 0.717) is 21.7 Å². The second-order valence-electron chi connectivity index (χ2n) is 9.66. The first-order chi connectivity index (χ1) is 17.1. The monoisotopic (exact) mass is 540 g/mol. The van der Waals surface area contributed by atoms with Crippen molar-refractivity contribution in [2.75, 3.05) is 13.2 Å². The number of nitrogens with zero attached hydrogens (tertiary/aromatic N) is 1. The number of amides is 1. The lowest BCUT2D eigenvalue weighted by Crippen LogP contribution is -2.49. The third-order valence-corrected chi connectivity index (χ3v) is 4.48. The molecule has 0 heterocycles. The number of halogens is 2. The van der Waals surface area contributed by atoms with E-state index in [-0.39, 0.29) is 19.1 Å². The van der Waals surface area contributed by atoms with E-state index >= 15 is 0 Å². The highest BCUT2D eigenvalue weighted by atomic mass is 35.5. The van der Waals surface area contributed by atoms with E-state index in [9.17, 15) is 23.9 Å². The number of rotatable bonds is 9. The number of hydrazine groups is 1. The molecule has 11 heteroatoms. The van der Waals surface area contributed by atoms with Crippen LogP contribution < -0.4 is 5.43 Å². The van der Waals surface area contributed by atoms with Gasteiger partial charge in [-0.2, -0.15) is 0 Å². The van der Waals surface area contributed by atoms with Gasteiger partial charge in [0.2, 0.25) is 0 Å². The van der Waals surface area contributed by atoms with Crippen LogP contribution in [0.25, 0.3) is 11.1 Å². The molecule has 2 aromatic rings. The summed E-state index contributed by atoms with van der Waals surface area (Å²) in [7, 11) is 0. The predicted octanol–water partition coefficient (Wildman–Crippen LogP) is 3.40. The van der Waals surface area contributed by atoms with Crippen molar-refractivity contribution in [2.45, 2.75) is 52.9 Å². The van der Waals surface area contributed by atoms with Crippen molar-refractivity contribution < 1.29 is 38.8 Å². The number of benzene rings is 2. The minimum absolute atomic E-state index is 0.0359. The Morgan fingerprint density at radius 3 is 2.19 bits per heavy atom. The van der Waals surface area contributed by atoms with E-state index in [1.54, 1.807) is 45.0 Å². The molecule has 2 rings (SSSR count).